The Morgan fingerprint density at radius 2 is 0.889 bits per heavy atom. The van der Waals surface area contributed by atoms with Crippen LogP contribution in [-0.4, -0.2) is 36.2 Å². The van der Waals surface area contributed by atoms with Crippen molar-refractivity contribution < 1.29 is 28.6 Å². The molecule has 152 valence electrons. The van der Waals surface area contributed by atoms with Crippen molar-refractivity contribution >= 4 is 17.9 Å². The average molecular weight is 380 g/mol. The summed E-state index contributed by atoms with van der Waals surface area (Å²) in [7, 11) is 0. The molecule has 3 aliphatic carbocycles. The van der Waals surface area contributed by atoms with Gasteiger partial charge in [0.05, 0.1) is 0 Å². The molecule has 0 amide bonds. The number of hydrogen-bond donors (Lipinski definition) is 0. The molecule has 6 heteroatoms. The molecule has 0 unspecified atom stereocenters. The second kappa shape index (κ2) is 9.07. The van der Waals surface area contributed by atoms with E-state index in [1.807, 2.05) is 0 Å². The van der Waals surface area contributed by atoms with Crippen LogP contribution in [0.15, 0.2) is 0 Å². The first-order valence-electron chi connectivity index (χ1n) is 10.7. The largest absolute Gasteiger partial charge is 0.461 e. The van der Waals surface area contributed by atoms with Crippen molar-refractivity contribution in [1.82, 2.24) is 0 Å². The van der Waals surface area contributed by atoms with Gasteiger partial charge in [0.15, 0.2) is 0 Å². The van der Waals surface area contributed by atoms with Crippen LogP contribution in [-0.2, 0) is 28.6 Å². The fraction of sp³-hybridized carbons (Fsp3) is 0.857. The highest BCUT2D eigenvalue weighted by molar-refractivity contribution is 6.18. The number of ether oxygens (including phenoxy) is 3. The van der Waals surface area contributed by atoms with Gasteiger partial charge in [-0.15, -0.1) is 0 Å². The summed E-state index contributed by atoms with van der Waals surface area (Å²) in [6, 6.07) is 0. The molecule has 27 heavy (non-hydrogen) atoms. The summed E-state index contributed by atoms with van der Waals surface area (Å²) in [5.74, 6) is -2.37. The Balaban J connectivity index is 1.78. The number of esters is 3. The molecule has 0 spiro atoms. The normalized spacial score (nSPS) is 22.1. The highest BCUT2D eigenvalue weighted by Gasteiger charge is 2.57. The van der Waals surface area contributed by atoms with Gasteiger partial charge < -0.3 is 14.2 Å². The van der Waals surface area contributed by atoms with Gasteiger partial charge in [0.2, 0.25) is 0 Å². The zero-order valence-electron chi connectivity index (χ0n) is 16.4. The fourth-order valence-corrected chi connectivity index (χ4v) is 4.46. The summed E-state index contributed by atoms with van der Waals surface area (Å²) in [6.07, 6.45) is 9.98. The van der Waals surface area contributed by atoms with Gasteiger partial charge in [-0.1, -0.05) is 6.92 Å². The van der Waals surface area contributed by atoms with Crippen LogP contribution in [0.25, 0.3) is 0 Å². The molecule has 0 aliphatic heterocycles. The second-order valence-corrected chi connectivity index (χ2v) is 8.19. The molecule has 0 atom stereocenters. The zero-order chi connectivity index (χ0) is 19.3. The summed E-state index contributed by atoms with van der Waals surface area (Å²) in [5.41, 5.74) is -1.99. The smallest absolute Gasteiger partial charge is 0.335 e. The Hall–Kier alpha value is -1.59. The first kappa shape index (κ1) is 20.2. The Morgan fingerprint density at radius 1 is 0.630 bits per heavy atom. The monoisotopic (exact) mass is 380 g/mol. The summed E-state index contributed by atoms with van der Waals surface area (Å²) in [6.45, 7) is 1.65. The molecule has 6 nitrogen and oxygen atoms in total. The van der Waals surface area contributed by atoms with Crippen molar-refractivity contribution in [3.05, 3.63) is 0 Å². The van der Waals surface area contributed by atoms with Crippen LogP contribution in [0.1, 0.15) is 90.4 Å². The minimum absolute atomic E-state index is 0.00431. The molecular weight excluding hydrogens is 348 g/mol. The van der Waals surface area contributed by atoms with Crippen molar-refractivity contribution in [2.45, 2.75) is 109 Å². The lowest BCUT2D eigenvalue weighted by Gasteiger charge is -2.30. The van der Waals surface area contributed by atoms with Crippen LogP contribution in [0.5, 0.6) is 0 Å². The van der Waals surface area contributed by atoms with Crippen molar-refractivity contribution in [2.75, 3.05) is 0 Å². The van der Waals surface area contributed by atoms with E-state index in [0.29, 0.717) is 0 Å². The van der Waals surface area contributed by atoms with E-state index in [1.165, 1.54) is 0 Å². The lowest BCUT2D eigenvalue weighted by molar-refractivity contribution is -0.191. The SMILES string of the molecule is CCC(C(=O)OC1CCCC1)(C(=O)OC1CCCC1)C(=O)OC1CCCC1. The van der Waals surface area contributed by atoms with Gasteiger partial charge in [-0.3, -0.25) is 14.4 Å². The lowest BCUT2D eigenvalue weighted by atomic mass is 9.84. The number of carbonyl (C=O) groups excluding carboxylic acids is 3. The van der Waals surface area contributed by atoms with Crippen molar-refractivity contribution in [1.29, 1.82) is 0 Å². The first-order chi connectivity index (χ1) is 13.1. The van der Waals surface area contributed by atoms with Crippen LogP contribution >= 0.6 is 0 Å². The maximum atomic E-state index is 13.1. The third-order valence-corrected chi connectivity index (χ3v) is 6.30. The standard InChI is InChI=1S/C21H32O6/c1-2-21(18(22)25-15-9-3-4-10-15,19(23)26-16-11-5-6-12-16)20(24)27-17-13-7-8-14-17/h15-17H,2-14H2,1H3. The highest BCUT2D eigenvalue weighted by Crippen LogP contribution is 2.35. The molecule has 0 aromatic heterocycles. The van der Waals surface area contributed by atoms with Crippen LogP contribution < -0.4 is 0 Å². The number of hydrogen-bond acceptors (Lipinski definition) is 6. The molecule has 3 rings (SSSR count). The molecule has 0 radical (unpaired) electrons. The molecular formula is C21H32O6. The van der Waals surface area contributed by atoms with Gasteiger partial charge in [0.1, 0.15) is 18.3 Å². The maximum Gasteiger partial charge on any atom is 0.335 e. The molecule has 0 heterocycles. The van der Waals surface area contributed by atoms with Crippen LogP contribution in [0.3, 0.4) is 0 Å². The van der Waals surface area contributed by atoms with Crippen molar-refractivity contribution in [3.8, 4) is 0 Å². The van der Waals surface area contributed by atoms with E-state index in [4.69, 9.17) is 14.2 Å². The van der Waals surface area contributed by atoms with Gasteiger partial charge in [0, 0.05) is 0 Å². The van der Waals surface area contributed by atoms with E-state index in [9.17, 15) is 14.4 Å². The third kappa shape index (κ3) is 4.46. The zero-order valence-corrected chi connectivity index (χ0v) is 16.4. The van der Waals surface area contributed by atoms with Gasteiger partial charge in [-0.05, 0) is 83.5 Å². The Bertz CT molecular complexity index is 465. The quantitative estimate of drug-likeness (QED) is 0.379. The molecule has 3 saturated carbocycles. The van der Waals surface area contributed by atoms with Gasteiger partial charge >= 0.3 is 17.9 Å². The predicted octanol–water partition coefficient (Wildman–Crippen LogP) is 3.84. The minimum atomic E-state index is -1.99. The van der Waals surface area contributed by atoms with Crippen molar-refractivity contribution in [3.63, 3.8) is 0 Å². The average Bonchev–Trinajstić information content (AvgIpc) is 3.39. The molecule has 0 N–H and O–H groups in total. The molecule has 0 bridgehead atoms. The Kier molecular flexibility index (Phi) is 6.77. The summed E-state index contributed by atoms with van der Waals surface area (Å²) >= 11 is 0. The summed E-state index contributed by atoms with van der Waals surface area (Å²) < 4.78 is 16.8. The van der Waals surface area contributed by atoms with Crippen LogP contribution in [0.4, 0.5) is 0 Å². The lowest BCUT2D eigenvalue weighted by Crippen LogP contribution is -2.51. The number of carbonyl (C=O) groups is 3. The maximum absolute atomic E-state index is 13.1. The van der Waals surface area contributed by atoms with Gasteiger partial charge in [-0.25, -0.2) is 0 Å². The molecule has 3 aliphatic rings. The molecule has 0 aromatic rings. The van der Waals surface area contributed by atoms with E-state index in [0.717, 1.165) is 77.0 Å². The van der Waals surface area contributed by atoms with Crippen LogP contribution in [0, 0.1) is 5.41 Å². The minimum Gasteiger partial charge on any atom is -0.461 e. The Morgan fingerprint density at radius 3 is 1.11 bits per heavy atom. The van der Waals surface area contributed by atoms with Crippen LogP contribution in [0.2, 0.25) is 0 Å². The van der Waals surface area contributed by atoms with E-state index in [1.54, 1.807) is 6.92 Å². The second-order valence-electron chi connectivity index (χ2n) is 8.19. The molecule has 0 aromatic carbocycles. The third-order valence-electron chi connectivity index (χ3n) is 6.30. The van der Waals surface area contributed by atoms with Gasteiger partial charge in [0.25, 0.3) is 5.41 Å². The molecule has 3 fully saturated rings. The topological polar surface area (TPSA) is 78.9 Å². The van der Waals surface area contributed by atoms with E-state index >= 15 is 0 Å². The highest BCUT2D eigenvalue weighted by atomic mass is 16.6. The van der Waals surface area contributed by atoms with E-state index in [-0.39, 0.29) is 24.7 Å². The number of rotatable bonds is 7. The fourth-order valence-electron chi connectivity index (χ4n) is 4.46. The van der Waals surface area contributed by atoms with Crippen molar-refractivity contribution in [2.24, 2.45) is 5.41 Å². The first-order valence-corrected chi connectivity index (χ1v) is 10.7. The predicted molar refractivity (Wildman–Crippen MR) is 97.8 cm³/mol. The van der Waals surface area contributed by atoms with Gasteiger partial charge in [-0.2, -0.15) is 0 Å². The summed E-state index contributed by atoms with van der Waals surface area (Å²) in [5, 5.41) is 0. The summed E-state index contributed by atoms with van der Waals surface area (Å²) in [4.78, 5) is 39.2. The van der Waals surface area contributed by atoms with E-state index in [2.05, 4.69) is 0 Å². The molecule has 0 saturated heterocycles. The Labute approximate surface area is 161 Å². The van der Waals surface area contributed by atoms with E-state index < -0.39 is 23.3 Å².